The summed E-state index contributed by atoms with van der Waals surface area (Å²) in [4.78, 5) is 0. The quantitative estimate of drug-likeness (QED) is 0.845. The normalized spacial score (nSPS) is 14.2. The fourth-order valence-electron chi connectivity index (χ4n) is 1.54. The maximum absolute atomic E-state index is 9.91. The summed E-state index contributed by atoms with van der Waals surface area (Å²) in [6, 6.07) is 9.38. The second-order valence-corrected chi connectivity index (χ2v) is 4.11. The van der Waals surface area contributed by atoms with Gasteiger partial charge in [0, 0.05) is 0 Å². The Morgan fingerprint density at radius 2 is 1.81 bits per heavy atom. The molecule has 0 aliphatic carbocycles. The Balaban J connectivity index is 2.92. The summed E-state index contributed by atoms with van der Waals surface area (Å²) in [6.07, 6.45) is -0.640. The van der Waals surface area contributed by atoms with Crippen molar-refractivity contribution < 1.29 is 9.84 Å². The second-order valence-electron chi connectivity index (χ2n) is 4.11. The third-order valence-corrected chi connectivity index (χ3v) is 2.64. The lowest BCUT2D eigenvalue weighted by Gasteiger charge is -2.20. The van der Waals surface area contributed by atoms with Gasteiger partial charge in [-0.2, -0.15) is 5.26 Å². The number of hydrogen-bond donors (Lipinski definition) is 1. The zero-order valence-electron chi connectivity index (χ0n) is 9.84. The van der Waals surface area contributed by atoms with E-state index in [1.165, 1.54) is 0 Å². The minimum absolute atomic E-state index is 0.0618. The van der Waals surface area contributed by atoms with Gasteiger partial charge in [-0.15, -0.1) is 0 Å². The molecule has 0 aromatic heterocycles. The van der Waals surface area contributed by atoms with Crippen LogP contribution < -0.4 is 4.74 Å². The number of ether oxygens (including phenoxy) is 1. The van der Waals surface area contributed by atoms with Gasteiger partial charge in [-0.1, -0.05) is 26.0 Å². The number of aliphatic hydroxyl groups excluding tert-OH is 1. The molecule has 0 aliphatic rings. The van der Waals surface area contributed by atoms with Crippen LogP contribution in [0, 0.1) is 17.2 Å². The molecule has 2 atom stereocenters. The van der Waals surface area contributed by atoms with Gasteiger partial charge in [0.1, 0.15) is 5.75 Å². The van der Waals surface area contributed by atoms with Gasteiger partial charge >= 0.3 is 0 Å². The molecule has 0 saturated carbocycles. The summed E-state index contributed by atoms with van der Waals surface area (Å²) >= 11 is 0. The molecule has 0 radical (unpaired) electrons. The monoisotopic (exact) mass is 219 g/mol. The van der Waals surface area contributed by atoms with Crippen molar-refractivity contribution in [3.05, 3.63) is 29.8 Å². The molecule has 1 N–H and O–H groups in total. The van der Waals surface area contributed by atoms with Crippen LogP contribution in [0.1, 0.15) is 25.3 Å². The summed E-state index contributed by atoms with van der Waals surface area (Å²) in [5.74, 6) is 0.331. The van der Waals surface area contributed by atoms with Crippen LogP contribution >= 0.6 is 0 Å². The van der Waals surface area contributed by atoms with Crippen molar-refractivity contribution in [2.24, 2.45) is 5.92 Å². The molecule has 0 aliphatic heterocycles. The smallest absolute Gasteiger partial charge is 0.118 e. The standard InChI is InChI=1S/C13H17NO2/c1-9(2)13(15)12(8-14)10-4-6-11(16-3)7-5-10/h4-7,9,12-13,15H,1-3H3. The number of methoxy groups -OCH3 is 1. The van der Waals surface area contributed by atoms with Gasteiger partial charge in [0.2, 0.25) is 0 Å². The van der Waals surface area contributed by atoms with Crippen molar-refractivity contribution in [1.82, 2.24) is 0 Å². The van der Waals surface area contributed by atoms with Crippen molar-refractivity contribution in [2.45, 2.75) is 25.9 Å². The van der Waals surface area contributed by atoms with Crippen LogP contribution in [-0.2, 0) is 0 Å². The van der Waals surface area contributed by atoms with Crippen molar-refractivity contribution in [3.63, 3.8) is 0 Å². The molecule has 1 rings (SSSR count). The lowest BCUT2D eigenvalue weighted by molar-refractivity contribution is 0.113. The minimum Gasteiger partial charge on any atom is -0.497 e. The molecule has 0 spiro atoms. The second kappa shape index (κ2) is 5.53. The van der Waals surface area contributed by atoms with E-state index in [1.54, 1.807) is 19.2 Å². The van der Waals surface area contributed by atoms with Crippen LogP contribution in [0.2, 0.25) is 0 Å². The van der Waals surface area contributed by atoms with E-state index in [-0.39, 0.29) is 5.92 Å². The third kappa shape index (κ3) is 2.74. The molecule has 2 unspecified atom stereocenters. The SMILES string of the molecule is COc1ccc(C(C#N)C(O)C(C)C)cc1. The molecule has 3 heteroatoms. The lowest BCUT2D eigenvalue weighted by Crippen LogP contribution is -2.23. The van der Waals surface area contributed by atoms with Gasteiger partial charge in [0.25, 0.3) is 0 Å². The first-order valence-electron chi connectivity index (χ1n) is 5.31. The molecule has 16 heavy (non-hydrogen) atoms. The Labute approximate surface area is 96.3 Å². The fraction of sp³-hybridized carbons (Fsp3) is 0.462. The zero-order chi connectivity index (χ0) is 12.1. The third-order valence-electron chi connectivity index (χ3n) is 2.64. The van der Waals surface area contributed by atoms with E-state index in [2.05, 4.69) is 6.07 Å². The molecule has 1 aromatic carbocycles. The van der Waals surface area contributed by atoms with Gasteiger partial charge in [-0.05, 0) is 23.6 Å². The van der Waals surface area contributed by atoms with Gasteiger partial charge < -0.3 is 9.84 Å². The molecule has 0 heterocycles. The average molecular weight is 219 g/mol. The highest BCUT2D eigenvalue weighted by molar-refractivity contribution is 5.32. The minimum atomic E-state index is -0.640. The summed E-state index contributed by atoms with van der Waals surface area (Å²) in [6.45, 7) is 3.80. The van der Waals surface area contributed by atoms with Crippen LogP contribution in [0.25, 0.3) is 0 Å². The highest BCUT2D eigenvalue weighted by Gasteiger charge is 2.23. The molecule has 0 bridgehead atoms. The van der Waals surface area contributed by atoms with E-state index < -0.39 is 12.0 Å². The number of nitrogens with zero attached hydrogens (tertiary/aromatic N) is 1. The molecular formula is C13H17NO2. The van der Waals surface area contributed by atoms with Crippen LogP contribution in [0.4, 0.5) is 0 Å². The number of benzene rings is 1. The van der Waals surface area contributed by atoms with E-state index in [4.69, 9.17) is 10.00 Å². The molecule has 1 aromatic rings. The van der Waals surface area contributed by atoms with Crippen LogP contribution in [0.5, 0.6) is 5.75 Å². The van der Waals surface area contributed by atoms with Gasteiger partial charge in [0.15, 0.2) is 0 Å². The Morgan fingerprint density at radius 1 is 1.25 bits per heavy atom. The molecule has 0 saturated heterocycles. The lowest BCUT2D eigenvalue weighted by atomic mass is 9.88. The summed E-state index contributed by atoms with van der Waals surface area (Å²) < 4.78 is 5.05. The average Bonchev–Trinajstić information content (AvgIpc) is 2.30. The van der Waals surface area contributed by atoms with E-state index in [0.717, 1.165) is 11.3 Å². The summed E-state index contributed by atoms with van der Waals surface area (Å²) in [5, 5.41) is 19.0. The van der Waals surface area contributed by atoms with Crippen molar-refractivity contribution >= 4 is 0 Å². The topological polar surface area (TPSA) is 53.2 Å². The van der Waals surface area contributed by atoms with Crippen LogP contribution in [0.15, 0.2) is 24.3 Å². The highest BCUT2D eigenvalue weighted by atomic mass is 16.5. The van der Waals surface area contributed by atoms with E-state index in [1.807, 2.05) is 26.0 Å². The maximum atomic E-state index is 9.91. The summed E-state index contributed by atoms with van der Waals surface area (Å²) in [7, 11) is 1.60. The Bertz CT molecular complexity index is 365. The van der Waals surface area contributed by atoms with E-state index in [0.29, 0.717) is 0 Å². The Morgan fingerprint density at radius 3 is 2.19 bits per heavy atom. The zero-order valence-corrected chi connectivity index (χ0v) is 9.84. The molecular weight excluding hydrogens is 202 g/mol. The predicted molar refractivity (Wildman–Crippen MR) is 62.2 cm³/mol. The first kappa shape index (κ1) is 12.5. The predicted octanol–water partition coefficient (Wildman–Crippen LogP) is 2.32. The van der Waals surface area contributed by atoms with Crippen molar-refractivity contribution in [2.75, 3.05) is 7.11 Å². The van der Waals surface area contributed by atoms with E-state index in [9.17, 15) is 5.11 Å². The van der Waals surface area contributed by atoms with Crippen molar-refractivity contribution in [1.29, 1.82) is 5.26 Å². The maximum Gasteiger partial charge on any atom is 0.118 e. The Kier molecular flexibility index (Phi) is 4.33. The molecule has 0 fully saturated rings. The van der Waals surface area contributed by atoms with Crippen LogP contribution in [0.3, 0.4) is 0 Å². The van der Waals surface area contributed by atoms with E-state index >= 15 is 0 Å². The molecule has 3 nitrogen and oxygen atoms in total. The van der Waals surface area contributed by atoms with Gasteiger partial charge in [-0.25, -0.2) is 0 Å². The van der Waals surface area contributed by atoms with Gasteiger partial charge in [0.05, 0.1) is 25.2 Å². The fourth-order valence-corrected chi connectivity index (χ4v) is 1.54. The van der Waals surface area contributed by atoms with Crippen molar-refractivity contribution in [3.8, 4) is 11.8 Å². The largest absolute Gasteiger partial charge is 0.497 e. The number of aliphatic hydroxyl groups is 1. The molecule has 0 amide bonds. The molecule has 86 valence electrons. The first-order valence-corrected chi connectivity index (χ1v) is 5.31. The summed E-state index contributed by atoms with van der Waals surface area (Å²) in [5.41, 5.74) is 0.824. The number of rotatable bonds is 4. The number of hydrogen-bond acceptors (Lipinski definition) is 3. The first-order chi connectivity index (χ1) is 7.60. The highest BCUT2D eigenvalue weighted by Crippen LogP contribution is 2.25. The van der Waals surface area contributed by atoms with Gasteiger partial charge in [-0.3, -0.25) is 0 Å². The number of nitriles is 1. The Hall–Kier alpha value is -1.53. The van der Waals surface area contributed by atoms with Crippen LogP contribution in [-0.4, -0.2) is 18.3 Å².